The summed E-state index contributed by atoms with van der Waals surface area (Å²) >= 11 is 0. The second-order valence-corrected chi connectivity index (χ2v) is 4.35. The van der Waals surface area contributed by atoms with Crippen molar-refractivity contribution in [1.29, 1.82) is 0 Å². The van der Waals surface area contributed by atoms with E-state index in [1.807, 2.05) is 7.05 Å². The van der Waals surface area contributed by atoms with E-state index in [2.05, 4.69) is 30.4 Å². The summed E-state index contributed by atoms with van der Waals surface area (Å²) in [4.78, 5) is 0. The number of nitrogens with one attached hydrogen (secondary N) is 1. The molecule has 1 atom stereocenters. The maximum atomic E-state index is 3.30. The second kappa shape index (κ2) is 4.14. The molecule has 76 valence electrons. The van der Waals surface area contributed by atoms with Gasteiger partial charge in [0, 0.05) is 6.54 Å². The average Bonchev–Trinajstić information content (AvgIpc) is 2.19. The summed E-state index contributed by atoms with van der Waals surface area (Å²) in [5.74, 6) is 0.739. The van der Waals surface area contributed by atoms with Crippen LogP contribution in [-0.2, 0) is 6.42 Å². The molecule has 0 bridgehead atoms. The first-order chi connectivity index (χ1) is 6.81. The zero-order valence-corrected chi connectivity index (χ0v) is 9.14. The van der Waals surface area contributed by atoms with Gasteiger partial charge in [-0.05, 0) is 50.3 Å². The smallest absolute Gasteiger partial charge is 0.00172 e. The van der Waals surface area contributed by atoms with Gasteiger partial charge in [-0.1, -0.05) is 23.8 Å². The summed E-state index contributed by atoms with van der Waals surface area (Å²) in [6.07, 6.45) is 3.97. The Bertz CT molecular complexity index is 317. The van der Waals surface area contributed by atoms with Crippen molar-refractivity contribution in [2.45, 2.75) is 32.1 Å². The van der Waals surface area contributed by atoms with E-state index < -0.39 is 0 Å². The monoisotopic (exact) mass is 189 g/mol. The van der Waals surface area contributed by atoms with Gasteiger partial charge in [0.05, 0.1) is 0 Å². The number of aryl methyl sites for hydroxylation is 2. The third-order valence-corrected chi connectivity index (χ3v) is 3.19. The van der Waals surface area contributed by atoms with Gasteiger partial charge in [0.15, 0.2) is 0 Å². The van der Waals surface area contributed by atoms with E-state index in [1.54, 1.807) is 11.1 Å². The maximum Gasteiger partial charge on any atom is 0.00172 e. The highest BCUT2D eigenvalue weighted by molar-refractivity contribution is 5.36. The number of rotatable bonds is 2. The van der Waals surface area contributed by atoms with Gasteiger partial charge in [-0.2, -0.15) is 0 Å². The summed E-state index contributed by atoms with van der Waals surface area (Å²) in [6.45, 7) is 3.31. The van der Waals surface area contributed by atoms with E-state index in [1.165, 1.54) is 24.8 Å². The molecule has 0 radical (unpaired) electrons. The minimum atomic E-state index is 0.739. The lowest BCUT2D eigenvalue weighted by molar-refractivity contribution is 0.528. The molecule has 0 aliphatic heterocycles. The van der Waals surface area contributed by atoms with Crippen molar-refractivity contribution >= 4 is 0 Å². The fourth-order valence-corrected chi connectivity index (χ4v) is 2.47. The first kappa shape index (κ1) is 9.72. The molecule has 0 fully saturated rings. The number of likely N-dealkylation sites (N-methyl/N-ethyl adjacent to an activating group) is 1. The van der Waals surface area contributed by atoms with E-state index >= 15 is 0 Å². The fraction of sp³-hybridized carbons (Fsp3) is 0.538. The van der Waals surface area contributed by atoms with Gasteiger partial charge >= 0.3 is 0 Å². The molecule has 2 rings (SSSR count). The Morgan fingerprint density at radius 1 is 1.43 bits per heavy atom. The molecule has 0 saturated heterocycles. The van der Waals surface area contributed by atoms with Crippen LogP contribution in [0.4, 0.5) is 0 Å². The molecule has 0 heterocycles. The van der Waals surface area contributed by atoms with E-state index in [4.69, 9.17) is 0 Å². The zero-order valence-electron chi connectivity index (χ0n) is 9.14. The SMILES string of the molecule is CNCC1CCCc2ccc(C)cc21. The average molecular weight is 189 g/mol. The summed E-state index contributed by atoms with van der Waals surface area (Å²) < 4.78 is 0. The predicted molar refractivity (Wildman–Crippen MR) is 60.8 cm³/mol. The molecule has 1 N–H and O–H groups in total. The van der Waals surface area contributed by atoms with Crippen molar-refractivity contribution in [3.8, 4) is 0 Å². The Hall–Kier alpha value is -0.820. The second-order valence-electron chi connectivity index (χ2n) is 4.35. The Morgan fingerprint density at radius 2 is 2.29 bits per heavy atom. The van der Waals surface area contributed by atoms with Crippen LogP contribution in [0, 0.1) is 6.92 Å². The molecule has 1 aliphatic carbocycles. The van der Waals surface area contributed by atoms with Crippen LogP contribution < -0.4 is 5.32 Å². The van der Waals surface area contributed by atoms with E-state index in [0.29, 0.717) is 0 Å². The third kappa shape index (κ3) is 1.83. The molecule has 1 nitrogen and oxygen atoms in total. The Kier molecular flexibility index (Phi) is 2.87. The van der Waals surface area contributed by atoms with Crippen LogP contribution in [0.5, 0.6) is 0 Å². The highest BCUT2D eigenvalue weighted by Gasteiger charge is 2.18. The minimum Gasteiger partial charge on any atom is -0.319 e. The van der Waals surface area contributed by atoms with Crippen molar-refractivity contribution in [3.05, 3.63) is 34.9 Å². The van der Waals surface area contributed by atoms with Crippen molar-refractivity contribution in [2.24, 2.45) is 0 Å². The van der Waals surface area contributed by atoms with Gasteiger partial charge in [0.2, 0.25) is 0 Å². The molecular formula is C13H19N. The molecule has 1 aliphatic rings. The minimum absolute atomic E-state index is 0.739. The van der Waals surface area contributed by atoms with E-state index in [9.17, 15) is 0 Å². The summed E-state index contributed by atoms with van der Waals surface area (Å²) in [6, 6.07) is 6.92. The zero-order chi connectivity index (χ0) is 9.97. The highest BCUT2D eigenvalue weighted by Crippen LogP contribution is 2.31. The summed E-state index contributed by atoms with van der Waals surface area (Å²) in [5, 5.41) is 3.30. The topological polar surface area (TPSA) is 12.0 Å². The molecule has 14 heavy (non-hydrogen) atoms. The quantitative estimate of drug-likeness (QED) is 0.754. The van der Waals surface area contributed by atoms with Crippen molar-refractivity contribution in [3.63, 3.8) is 0 Å². The van der Waals surface area contributed by atoms with Crippen molar-refractivity contribution < 1.29 is 0 Å². The van der Waals surface area contributed by atoms with Crippen LogP contribution in [0.15, 0.2) is 18.2 Å². The Balaban J connectivity index is 2.32. The summed E-state index contributed by atoms with van der Waals surface area (Å²) in [7, 11) is 2.05. The van der Waals surface area contributed by atoms with Crippen LogP contribution in [0.25, 0.3) is 0 Å². The van der Waals surface area contributed by atoms with E-state index in [-0.39, 0.29) is 0 Å². The largest absolute Gasteiger partial charge is 0.319 e. The number of hydrogen-bond acceptors (Lipinski definition) is 1. The normalized spacial score (nSPS) is 20.6. The number of benzene rings is 1. The Morgan fingerprint density at radius 3 is 3.07 bits per heavy atom. The fourth-order valence-electron chi connectivity index (χ4n) is 2.47. The Labute approximate surface area is 86.5 Å². The first-order valence-electron chi connectivity index (χ1n) is 5.55. The summed E-state index contributed by atoms with van der Waals surface area (Å²) in [5.41, 5.74) is 4.56. The lowest BCUT2D eigenvalue weighted by Gasteiger charge is -2.25. The lowest BCUT2D eigenvalue weighted by Crippen LogP contribution is -2.21. The molecular weight excluding hydrogens is 170 g/mol. The van der Waals surface area contributed by atoms with Gasteiger partial charge < -0.3 is 5.32 Å². The third-order valence-electron chi connectivity index (χ3n) is 3.19. The standard InChI is InChI=1S/C13H19N/c1-10-6-7-11-4-3-5-12(9-14-2)13(11)8-10/h6-8,12,14H,3-5,9H2,1-2H3. The van der Waals surface area contributed by atoms with E-state index in [0.717, 1.165) is 12.5 Å². The van der Waals surface area contributed by atoms with Gasteiger partial charge in [-0.15, -0.1) is 0 Å². The van der Waals surface area contributed by atoms with Crippen molar-refractivity contribution in [2.75, 3.05) is 13.6 Å². The molecule has 0 spiro atoms. The lowest BCUT2D eigenvalue weighted by atomic mass is 9.82. The van der Waals surface area contributed by atoms with Crippen LogP contribution in [0.3, 0.4) is 0 Å². The van der Waals surface area contributed by atoms with Gasteiger partial charge in [-0.3, -0.25) is 0 Å². The maximum absolute atomic E-state index is 3.30. The van der Waals surface area contributed by atoms with Gasteiger partial charge in [0.25, 0.3) is 0 Å². The van der Waals surface area contributed by atoms with Crippen LogP contribution in [0.2, 0.25) is 0 Å². The molecule has 0 aromatic heterocycles. The molecule has 1 heteroatoms. The molecule has 1 unspecified atom stereocenters. The van der Waals surface area contributed by atoms with Gasteiger partial charge in [-0.25, -0.2) is 0 Å². The highest BCUT2D eigenvalue weighted by atomic mass is 14.8. The number of fused-ring (bicyclic) bond motifs is 1. The molecule has 0 amide bonds. The number of hydrogen-bond donors (Lipinski definition) is 1. The van der Waals surface area contributed by atoms with Crippen LogP contribution in [0.1, 0.15) is 35.4 Å². The van der Waals surface area contributed by atoms with Crippen molar-refractivity contribution in [1.82, 2.24) is 5.32 Å². The van der Waals surface area contributed by atoms with Crippen LogP contribution in [-0.4, -0.2) is 13.6 Å². The molecule has 1 aromatic carbocycles. The first-order valence-corrected chi connectivity index (χ1v) is 5.55. The van der Waals surface area contributed by atoms with Gasteiger partial charge in [0.1, 0.15) is 0 Å². The molecule has 1 aromatic rings. The van der Waals surface area contributed by atoms with Crippen LogP contribution >= 0.6 is 0 Å². The molecule has 0 saturated carbocycles. The predicted octanol–water partition coefficient (Wildman–Crippen LogP) is 2.63.